The predicted molar refractivity (Wildman–Crippen MR) is 64.2 cm³/mol. The van der Waals surface area contributed by atoms with Gasteiger partial charge in [0, 0.05) is 12.5 Å². The van der Waals surface area contributed by atoms with Crippen molar-refractivity contribution in [2.75, 3.05) is 19.6 Å². The molecule has 1 saturated heterocycles. The van der Waals surface area contributed by atoms with E-state index in [2.05, 4.69) is 38.0 Å². The van der Waals surface area contributed by atoms with Crippen molar-refractivity contribution in [3.8, 4) is 0 Å². The summed E-state index contributed by atoms with van der Waals surface area (Å²) in [6, 6.07) is 1.99. The molecule has 0 saturated carbocycles. The number of hydrogen-bond donors (Lipinski definition) is 0. The van der Waals surface area contributed by atoms with E-state index in [-0.39, 0.29) is 0 Å². The van der Waals surface area contributed by atoms with Crippen LogP contribution in [0.5, 0.6) is 0 Å². The van der Waals surface area contributed by atoms with Gasteiger partial charge in [0.1, 0.15) is 0 Å². The van der Waals surface area contributed by atoms with Crippen molar-refractivity contribution in [1.29, 1.82) is 0 Å². The Hall–Kier alpha value is -0.190. The maximum Gasteiger partial charge on any atom is 0.165 e. The Morgan fingerprint density at radius 1 is 1.60 bits per heavy atom. The maximum atomic E-state index is 5.81. The van der Waals surface area contributed by atoms with Crippen LogP contribution in [0.2, 0.25) is 5.15 Å². The zero-order valence-corrected chi connectivity index (χ0v) is 10.9. The van der Waals surface area contributed by atoms with Crippen LogP contribution in [-0.2, 0) is 0 Å². The van der Waals surface area contributed by atoms with E-state index in [0.717, 1.165) is 36.2 Å². The summed E-state index contributed by atoms with van der Waals surface area (Å²) >= 11 is 9.19. The van der Waals surface area contributed by atoms with Crippen LogP contribution in [0.25, 0.3) is 0 Å². The Kier molecular flexibility index (Phi) is 3.59. The van der Waals surface area contributed by atoms with E-state index < -0.39 is 0 Å². The summed E-state index contributed by atoms with van der Waals surface area (Å²) in [5.41, 5.74) is 1.04. The van der Waals surface area contributed by atoms with Crippen LogP contribution >= 0.6 is 27.5 Å². The third kappa shape index (κ3) is 2.49. The molecule has 1 unspecified atom stereocenters. The molecule has 0 aromatic carbocycles. The van der Waals surface area contributed by atoms with Crippen LogP contribution < -0.4 is 0 Å². The number of likely N-dealkylation sites (tertiary alicyclic amines) is 1. The number of aromatic nitrogens is 2. The van der Waals surface area contributed by atoms with Gasteiger partial charge < -0.3 is 4.90 Å². The second kappa shape index (κ2) is 4.76. The van der Waals surface area contributed by atoms with Gasteiger partial charge in [-0.05, 0) is 41.5 Å². The molecule has 0 aliphatic carbocycles. The molecular weight excluding hydrogens is 277 g/mol. The summed E-state index contributed by atoms with van der Waals surface area (Å²) in [7, 11) is 0. The molecule has 5 heteroatoms. The van der Waals surface area contributed by atoms with Crippen molar-refractivity contribution in [3.63, 3.8) is 0 Å². The zero-order valence-electron chi connectivity index (χ0n) is 8.58. The zero-order chi connectivity index (χ0) is 10.8. The number of nitrogens with zero attached hydrogens (tertiary/aromatic N) is 3. The van der Waals surface area contributed by atoms with Crippen molar-refractivity contribution < 1.29 is 0 Å². The second-order valence-corrected chi connectivity index (χ2v) is 5.00. The normalized spacial score (nSPS) is 22.2. The van der Waals surface area contributed by atoms with Crippen molar-refractivity contribution in [2.45, 2.75) is 19.3 Å². The molecule has 0 bridgehead atoms. The van der Waals surface area contributed by atoms with Crippen molar-refractivity contribution >= 4 is 27.5 Å². The minimum atomic E-state index is 0.434. The minimum Gasteiger partial charge on any atom is -0.303 e. The molecule has 3 nitrogen and oxygen atoms in total. The summed E-state index contributed by atoms with van der Waals surface area (Å²) < 4.78 is 0.837. The van der Waals surface area contributed by atoms with Gasteiger partial charge in [0.25, 0.3) is 0 Å². The van der Waals surface area contributed by atoms with Gasteiger partial charge in [0.15, 0.2) is 5.15 Å². The van der Waals surface area contributed by atoms with Gasteiger partial charge in [0.05, 0.1) is 10.2 Å². The van der Waals surface area contributed by atoms with Crippen LogP contribution in [0.1, 0.15) is 25.0 Å². The first-order valence-electron chi connectivity index (χ1n) is 5.11. The van der Waals surface area contributed by atoms with Gasteiger partial charge in [-0.15, -0.1) is 5.10 Å². The Bertz CT molecular complexity index is 359. The molecule has 1 aliphatic heterocycles. The fourth-order valence-corrected chi connectivity index (χ4v) is 2.33. The van der Waals surface area contributed by atoms with E-state index in [9.17, 15) is 0 Å². The highest BCUT2D eigenvalue weighted by molar-refractivity contribution is 9.10. The first kappa shape index (κ1) is 11.3. The van der Waals surface area contributed by atoms with E-state index >= 15 is 0 Å². The molecule has 82 valence electrons. The smallest absolute Gasteiger partial charge is 0.165 e. The Morgan fingerprint density at radius 3 is 3.00 bits per heavy atom. The molecule has 0 radical (unpaired) electrons. The number of hydrogen-bond acceptors (Lipinski definition) is 3. The summed E-state index contributed by atoms with van der Waals surface area (Å²) in [6.07, 6.45) is 1.16. The van der Waals surface area contributed by atoms with E-state index in [1.54, 1.807) is 0 Å². The Labute approximate surface area is 103 Å². The summed E-state index contributed by atoms with van der Waals surface area (Å²) in [4.78, 5) is 2.43. The van der Waals surface area contributed by atoms with Gasteiger partial charge in [-0.25, -0.2) is 0 Å². The van der Waals surface area contributed by atoms with Crippen LogP contribution in [0.3, 0.4) is 0 Å². The molecule has 2 rings (SSSR count). The summed E-state index contributed by atoms with van der Waals surface area (Å²) in [6.45, 7) is 5.53. The second-order valence-electron chi connectivity index (χ2n) is 3.79. The third-order valence-electron chi connectivity index (χ3n) is 2.86. The van der Waals surface area contributed by atoms with Crippen molar-refractivity contribution in [2.24, 2.45) is 0 Å². The minimum absolute atomic E-state index is 0.434. The van der Waals surface area contributed by atoms with Gasteiger partial charge in [0.2, 0.25) is 0 Å². The first-order valence-corrected chi connectivity index (χ1v) is 6.28. The molecular formula is C10H13BrClN3. The highest BCUT2D eigenvalue weighted by Gasteiger charge is 2.24. The predicted octanol–water partition coefficient (Wildman–Crippen LogP) is 2.70. The van der Waals surface area contributed by atoms with Gasteiger partial charge >= 0.3 is 0 Å². The number of likely N-dealkylation sites (N-methyl/N-ethyl adjacent to an activating group) is 1. The molecule has 0 N–H and O–H groups in total. The lowest BCUT2D eigenvalue weighted by Gasteiger charge is -2.12. The van der Waals surface area contributed by atoms with Crippen LogP contribution in [0, 0.1) is 0 Å². The van der Waals surface area contributed by atoms with E-state index in [4.69, 9.17) is 11.6 Å². The van der Waals surface area contributed by atoms with Crippen LogP contribution in [-0.4, -0.2) is 34.7 Å². The number of halogens is 2. The molecule has 1 aromatic rings. The average molecular weight is 291 g/mol. The Balaban J connectivity index is 2.13. The quantitative estimate of drug-likeness (QED) is 0.838. The van der Waals surface area contributed by atoms with E-state index in [1.807, 2.05) is 6.07 Å². The average Bonchev–Trinajstić information content (AvgIpc) is 2.70. The lowest BCUT2D eigenvalue weighted by Crippen LogP contribution is -2.19. The van der Waals surface area contributed by atoms with Crippen LogP contribution in [0.15, 0.2) is 10.5 Å². The molecule has 1 aliphatic rings. The standard InChI is InChI=1S/C10H13BrClN3/c1-2-15-4-3-7(6-15)9-5-8(11)10(12)14-13-9/h5,7H,2-4,6H2,1H3. The molecule has 0 amide bonds. The van der Waals surface area contributed by atoms with Crippen LogP contribution in [0.4, 0.5) is 0 Å². The highest BCUT2D eigenvalue weighted by atomic mass is 79.9. The fourth-order valence-electron chi connectivity index (χ4n) is 1.93. The molecule has 2 heterocycles. The Morgan fingerprint density at radius 2 is 2.40 bits per heavy atom. The third-order valence-corrected chi connectivity index (χ3v) is 3.97. The van der Waals surface area contributed by atoms with Gasteiger partial charge in [-0.3, -0.25) is 0 Å². The largest absolute Gasteiger partial charge is 0.303 e. The molecule has 15 heavy (non-hydrogen) atoms. The maximum absolute atomic E-state index is 5.81. The van der Waals surface area contributed by atoms with E-state index in [0.29, 0.717) is 11.1 Å². The topological polar surface area (TPSA) is 29.0 Å². The fraction of sp³-hybridized carbons (Fsp3) is 0.600. The van der Waals surface area contributed by atoms with Gasteiger partial charge in [-0.1, -0.05) is 18.5 Å². The molecule has 1 fully saturated rings. The van der Waals surface area contributed by atoms with E-state index in [1.165, 1.54) is 0 Å². The SMILES string of the molecule is CCN1CCC(c2cc(Br)c(Cl)nn2)C1. The summed E-state index contributed by atoms with van der Waals surface area (Å²) in [5, 5.41) is 8.51. The van der Waals surface area contributed by atoms with Crippen molar-refractivity contribution in [3.05, 3.63) is 21.4 Å². The van der Waals surface area contributed by atoms with Crippen molar-refractivity contribution in [1.82, 2.24) is 15.1 Å². The van der Waals surface area contributed by atoms with Gasteiger partial charge in [-0.2, -0.15) is 5.10 Å². The molecule has 0 spiro atoms. The molecule has 1 atom stereocenters. The summed E-state index contributed by atoms with van der Waals surface area (Å²) in [5.74, 6) is 0.506. The number of rotatable bonds is 2. The lowest BCUT2D eigenvalue weighted by atomic mass is 10.1. The highest BCUT2D eigenvalue weighted by Crippen LogP contribution is 2.28. The monoisotopic (exact) mass is 289 g/mol. The molecule has 1 aromatic heterocycles. The first-order chi connectivity index (χ1) is 7.20. The lowest BCUT2D eigenvalue weighted by molar-refractivity contribution is 0.353.